The van der Waals surface area contributed by atoms with Crippen LogP contribution in [0, 0.1) is 0 Å². The number of para-hydroxylation sites is 1. The Bertz CT molecular complexity index is 919. The summed E-state index contributed by atoms with van der Waals surface area (Å²) in [6.07, 6.45) is 0. The molecule has 0 amide bonds. The molecule has 1 aliphatic rings. The normalized spacial score (nSPS) is 17.1. The van der Waals surface area contributed by atoms with Gasteiger partial charge in [0.15, 0.2) is 7.42 Å². The Morgan fingerprint density at radius 1 is 0.885 bits per heavy atom. The molecule has 4 rings (SSSR count). The molecule has 3 aromatic rings. The van der Waals surface area contributed by atoms with Crippen LogP contribution in [0.3, 0.4) is 0 Å². The van der Waals surface area contributed by atoms with E-state index in [1.54, 1.807) is 0 Å². The zero-order valence-corrected chi connectivity index (χ0v) is 16.8. The first kappa shape index (κ1) is 17.5. The monoisotopic (exact) mass is 379 g/mol. The lowest BCUT2D eigenvalue weighted by atomic mass is 10.1. The molecule has 132 valence electrons. The van der Waals surface area contributed by atoms with E-state index in [-0.39, 0.29) is 0 Å². The predicted molar refractivity (Wildman–Crippen MR) is 117 cm³/mol. The molecule has 0 fully saturated rings. The van der Waals surface area contributed by atoms with E-state index in [1.165, 1.54) is 16.3 Å². The van der Waals surface area contributed by atoms with E-state index >= 15 is 0 Å². The fourth-order valence-corrected chi connectivity index (χ4v) is 7.69. The number of anilines is 1. The van der Waals surface area contributed by atoms with Crippen LogP contribution in [0.15, 0.2) is 77.9 Å². The Morgan fingerprint density at radius 2 is 1.58 bits per heavy atom. The van der Waals surface area contributed by atoms with Gasteiger partial charge >= 0.3 is 0 Å². The third-order valence-electron chi connectivity index (χ3n) is 4.49. The van der Waals surface area contributed by atoms with Crippen molar-refractivity contribution in [1.29, 1.82) is 0 Å². The van der Waals surface area contributed by atoms with Crippen molar-refractivity contribution in [3.63, 3.8) is 0 Å². The molecule has 5 heteroatoms. The van der Waals surface area contributed by atoms with Crippen molar-refractivity contribution >= 4 is 40.3 Å². The van der Waals surface area contributed by atoms with Crippen LogP contribution in [0.5, 0.6) is 0 Å². The van der Waals surface area contributed by atoms with Crippen LogP contribution in [0.2, 0.25) is 0 Å². The Hall–Kier alpha value is -1.87. The average molecular weight is 379 g/mol. The quantitative estimate of drug-likeness (QED) is 0.483. The SMILES string of the molecule is CCN(CC)P1SC(c2cccc3ccccc23)=NN1c1ccccc1. The molecule has 0 bridgehead atoms. The molecular formula is C21H22N3PS. The summed E-state index contributed by atoms with van der Waals surface area (Å²) < 4.78 is 4.73. The fourth-order valence-electron chi connectivity index (χ4n) is 3.13. The number of nitrogens with zero attached hydrogens (tertiary/aromatic N) is 3. The number of hydrogen-bond donors (Lipinski definition) is 0. The Kier molecular flexibility index (Phi) is 5.26. The van der Waals surface area contributed by atoms with Crippen LogP contribution < -0.4 is 4.78 Å². The molecule has 0 aliphatic carbocycles. The molecule has 0 spiro atoms. The lowest BCUT2D eigenvalue weighted by Gasteiger charge is -2.30. The van der Waals surface area contributed by atoms with Gasteiger partial charge in [-0.05, 0) is 34.3 Å². The van der Waals surface area contributed by atoms with Crippen molar-refractivity contribution in [1.82, 2.24) is 4.67 Å². The lowest BCUT2D eigenvalue weighted by Crippen LogP contribution is -2.22. The molecule has 1 aliphatic heterocycles. The highest BCUT2D eigenvalue weighted by Crippen LogP contribution is 2.63. The number of benzene rings is 3. The van der Waals surface area contributed by atoms with E-state index in [4.69, 9.17) is 5.10 Å². The third-order valence-corrected chi connectivity index (χ3v) is 8.99. The summed E-state index contributed by atoms with van der Waals surface area (Å²) in [6, 6.07) is 25.6. The van der Waals surface area contributed by atoms with Crippen LogP contribution in [-0.2, 0) is 0 Å². The summed E-state index contributed by atoms with van der Waals surface area (Å²) in [5, 5.41) is 8.72. The van der Waals surface area contributed by atoms with Crippen molar-refractivity contribution < 1.29 is 0 Å². The molecule has 1 atom stereocenters. The standard InChI is InChI=1S/C21H22N3PS/c1-3-23(4-2)25-24(18-13-6-5-7-14-18)22-21(26-25)20-16-10-12-17-11-8-9-15-19(17)20/h5-16H,3-4H2,1-2H3. The summed E-state index contributed by atoms with van der Waals surface area (Å²) >= 11 is 1.91. The molecule has 3 nitrogen and oxygen atoms in total. The molecule has 0 saturated heterocycles. The minimum Gasteiger partial charge on any atom is -0.256 e. The fraction of sp³-hybridized carbons (Fsp3) is 0.190. The summed E-state index contributed by atoms with van der Waals surface area (Å²) in [4.78, 5) is 0. The topological polar surface area (TPSA) is 18.8 Å². The molecular weight excluding hydrogens is 357 g/mol. The Morgan fingerprint density at radius 3 is 2.35 bits per heavy atom. The number of hydrazone groups is 1. The Balaban J connectivity index is 1.79. The van der Waals surface area contributed by atoms with Gasteiger partial charge in [-0.15, -0.1) is 0 Å². The van der Waals surface area contributed by atoms with Crippen LogP contribution in [0.1, 0.15) is 19.4 Å². The minimum absolute atomic E-state index is 0.587. The highest BCUT2D eigenvalue weighted by atomic mass is 32.7. The number of fused-ring (bicyclic) bond motifs is 1. The smallest absolute Gasteiger partial charge is 0.160 e. The van der Waals surface area contributed by atoms with Crippen molar-refractivity contribution in [3.8, 4) is 0 Å². The highest BCUT2D eigenvalue weighted by Gasteiger charge is 2.34. The van der Waals surface area contributed by atoms with Gasteiger partial charge in [-0.2, -0.15) is 5.10 Å². The molecule has 26 heavy (non-hydrogen) atoms. The van der Waals surface area contributed by atoms with Crippen molar-refractivity contribution in [2.45, 2.75) is 13.8 Å². The van der Waals surface area contributed by atoms with Gasteiger partial charge in [0.05, 0.1) is 5.69 Å². The predicted octanol–water partition coefficient (Wildman–Crippen LogP) is 6.32. The average Bonchev–Trinajstić information content (AvgIpc) is 3.14. The molecule has 3 aromatic carbocycles. The van der Waals surface area contributed by atoms with Crippen molar-refractivity contribution in [2.75, 3.05) is 17.9 Å². The van der Waals surface area contributed by atoms with Gasteiger partial charge < -0.3 is 0 Å². The zero-order chi connectivity index (χ0) is 17.9. The maximum Gasteiger partial charge on any atom is 0.160 e. The van der Waals surface area contributed by atoms with E-state index < -0.39 is 7.42 Å². The molecule has 0 radical (unpaired) electrons. The summed E-state index contributed by atoms with van der Waals surface area (Å²) in [5.41, 5.74) is 2.39. The van der Waals surface area contributed by atoms with E-state index in [9.17, 15) is 0 Å². The van der Waals surface area contributed by atoms with Gasteiger partial charge in [-0.1, -0.05) is 74.5 Å². The molecule has 0 N–H and O–H groups in total. The molecule has 0 aromatic heterocycles. The summed E-state index contributed by atoms with van der Waals surface area (Å²) in [6.45, 7) is 6.50. The van der Waals surface area contributed by atoms with E-state index in [0.29, 0.717) is 0 Å². The van der Waals surface area contributed by atoms with Crippen molar-refractivity contribution in [3.05, 3.63) is 78.4 Å². The van der Waals surface area contributed by atoms with Crippen molar-refractivity contribution in [2.24, 2.45) is 5.10 Å². The van der Waals surface area contributed by atoms with Gasteiger partial charge in [-0.3, -0.25) is 4.67 Å². The second-order valence-electron chi connectivity index (χ2n) is 6.04. The largest absolute Gasteiger partial charge is 0.256 e. The Labute approximate surface area is 160 Å². The minimum atomic E-state index is -0.587. The maximum atomic E-state index is 5.08. The third kappa shape index (κ3) is 3.25. The maximum absolute atomic E-state index is 5.08. The second-order valence-corrected chi connectivity index (χ2v) is 9.59. The molecule has 0 saturated carbocycles. The molecule has 1 unspecified atom stereocenters. The van der Waals surface area contributed by atoms with Gasteiger partial charge in [-0.25, -0.2) is 4.78 Å². The van der Waals surface area contributed by atoms with Gasteiger partial charge in [0.1, 0.15) is 5.04 Å². The number of hydrogen-bond acceptors (Lipinski definition) is 4. The first-order valence-corrected chi connectivity index (χ1v) is 11.6. The number of rotatable bonds is 5. The van der Waals surface area contributed by atoms with E-state index in [1.807, 2.05) is 11.4 Å². The zero-order valence-electron chi connectivity index (χ0n) is 15.0. The van der Waals surface area contributed by atoms with Crippen LogP contribution >= 0.6 is 18.8 Å². The lowest BCUT2D eigenvalue weighted by molar-refractivity contribution is 0.511. The first-order chi connectivity index (χ1) is 12.8. The van der Waals surface area contributed by atoms with Crippen LogP contribution in [-0.4, -0.2) is 22.8 Å². The van der Waals surface area contributed by atoms with Gasteiger partial charge in [0.2, 0.25) is 0 Å². The van der Waals surface area contributed by atoms with E-state index in [2.05, 4.69) is 96.1 Å². The van der Waals surface area contributed by atoms with Gasteiger partial charge in [0.25, 0.3) is 0 Å². The first-order valence-electron chi connectivity index (χ1n) is 8.96. The molecule has 1 heterocycles. The second kappa shape index (κ2) is 7.79. The van der Waals surface area contributed by atoms with Gasteiger partial charge in [0, 0.05) is 18.7 Å². The highest BCUT2D eigenvalue weighted by molar-refractivity contribution is 8.63. The summed E-state index contributed by atoms with van der Waals surface area (Å²) in [5.74, 6) is 0. The van der Waals surface area contributed by atoms with E-state index in [0.717, 1.165) is 23.8 Å². The van der Waals surface area contributed by atoms with Crippen LogP contribution in [0.4, 0.5) is 5.69 Å². The summed E-state index contributed by atoms with van der Waals surface area (Å²) in [7, 11) is -0.587. The van der Waals surface area contributed by atoms with Crippen LogP contribution in [0.25, 0.3) is 10.8 Å².